The molecule has 0 aromatic carbocycles. The fraction of sp³-hybridized carbons (Fsp3) is 0.462. The molecule has 2 bridgehead atoms. The molecule has 0 spiro atoms. The van der Waals surface area contributed by atoms with Gasteiger partial charge < -0.3 is 13.5 Å². The predicted molar refractivity (Wildman–Crippen MR) is 70.7 cm³/mol. The molecule has 0 saturated carbocycles. The second kappa shape index (κ2) is 2.83. The molecule has 4 nitrogen and oxygen atoms in total. The molecule has 0 amide bonds. The summed E-state index contributed by atoms with van der Waals surface area (Å²) in [6.45, 7) is 9.37. The van der Waals surface area contributed by atoms with Crippen molar-refractivity contribution in [1.29, 1.82) is 0 Å². The van der Waals surface area contributed by atoms with Gasteiger partial charge in [-0.05, 0) is 19.8 Å². The van der Waals surface area contributed by atoms with E-state index in [2.05, 4.69) is 30.3 Å². The number of imidazole rings is 1. The maximum atomic E-state index is 12.0. The highest BCUT2D eigenvalue weighted by Gasteiger charge is 2.75. The molecule has 0 N–H and O–H groups in total. The average Bonchev–Trinajstić information content (AvgIpc) is 2.85. The van der Waals surface area contributed by atoms with E-state index in [-0.39, 0.29) is 0 Å². The Morgan fingerprint density at radius 3 is 2.50 bits per heavy atom. The van der Waals surface area contributed by atoms with Crippen molar-refractivity contribution in [1.82, 2.24) is 9.55 Å². The third-order valence-electron chi connectivity index (χ3n) is 3.87. The number of aromatic nitrogens is 2. The summed E-state index contributed by atoms with van der Waals surface area (Å²) >= 11 is 0. The molecule has 3 aliphatic rings. The smallest absolute Gasteiger partial charge is 0.214 e. The van der Waals surface area contributed by atoms with Crippen LogP contribution in [0.5, 0.6) is 0 Å². The first kappa shape index (κ1) is 10.6. The monoisotopic (exact) mass is 262 g/mol. The molecule has 0 fully saturated rings. The normalized spacial score (nSPS) is 22.5. The van der Waals surface area contributed by atoms with Crippen molar-refractivity contribution >= 4 is 23.3 Å². The number of furan rings is 1. The lowest BCUT2D eigenvalue weighted by Crippen LogP contribution is -2.09. The molecule has 0 saturated heterocycles. The standard InChI is InChI=1S/C13H15N2O2P/c1-6(2)5-15-8(4)7(3)14-12(15)9-10-11-13(17-9)18(10,11)16/h6H,5H2,1-4H3. The minimum absolute atomic E-state index is 0.543. The van der Waals surface area contributed by atoms with Gasteiger partial charge in [0.15, 0.2) is 17.1 Å². The highest BCUT2D eigenvalue weighted by atomic mass is 31.2. The summed E-state index contributed by atoms with van der Waals surface area (Å²) in [7, 11) is -2.14. The zero-order valence-corrected chi connectivity index (χ0v) is 11.8. The van der Waals surface area contributed by atoms with Crippen molar-refractivity contribution in [3.8, 4) is 11.6 Å². The molecule has 2 aromatic rings. The quantitative estimate of drug-likeness (QED) is 0.528. The van der Waals surface area contributed by atoms with Crippen LogP contribution in [-0.4, -0.2) is 9.55 Å². The van der Waals surface area contributed by atoms with Gasteiger partial charge in [-0.3, -0.25) is 0 Å². The van der Waals surface area contributed by atoms with E-state index < -0.39 is 7.14 Å². The van der Waals surface area contributed by atoms with Gasteiger partial charge >= 0.3 is 0 Å². The topological polar surface area (TPSA) is 48.0 Å². The van der Waals surface area contributed by atoms with Crippen LogP contribution in [0.1, 0.15) is 25.2 Å². The van der Waals surface area contributed by atoms with Crippen LogP contribution >= 0.6 is 7.14 Å². The number of aryl methyl sites for hydroxylation is 1. The number of nitrogens with zero attached hydrogens (tertiary/aromatic N) is 2. The van der Waals surface area contributed by atoms with Crippen LogP contribution in [0.2, 0.25) is 0 Å². The Kier molecular flexibility index (Phi) is 1.67. The summed E-state index contributed by atoms with van der Waals surface area (Å²) in [5, 5.41) is 1.97. The molecule has 3 aliphatic heterocycles. The van der Waals surface area contributed by atoms with Crippen molar-refractivity contribution in [3.63, 3.8) is 0 Å². The summed E-state index contributed by atoms with van der Waals surface area (Å²) in [5.41, 5.74) is 2.94. The fourth-order valence-corrected chi connectivity index (χ4v) is 5.14. The number of hydrogen-bond donors (Lipinski definition) is 0. The van der Waals surface area contributed by atoms with E-state index in [0.717, 1.165) is 39.9 Å². The Morgan fingerprint density at radius 1 is 1.33 bits per heavy atom. The minimum Gasteiger partial charge on any atom is -0.447 e. The van der Waals surface area contributed by atoms with Gasteiger partial charge in [0.25, 0.3) is 0 Å². The number of rotatable bonds is 3. The molecule has 0 aliphatic carbocycles. The first-order chi connectivity index (χ1) is 8.46. The third kappa shape index (κ3) is 0.997. The van der Waals surface area contributed by atoms with Crippen LogP contribution in [0.4, 0.5) is 0 Å². The molecule has 94 valence electrons. The second-order valence-corrected chi connectivity index (χ2v) is 8.17. The Labute approximate surface area is 105 Å². The number of fused-ring (bicyclic) bond motifs is 1. The van der Waals surface area contributed by atoms with Crippen molar-refractivity contribution in [2.45, 2.75) is 34.2 Å². The SMILES string of the molecule is Cc1nc(-c2oc3c4c2P34=O)n(CC(C)C)c1C. The van der Waals surface area contributed by atoms with Crippen LogP contribution in [-0.2, 0) is 11.1 Å². The Morgan fingerprint density at radius 2 is 2.00 bits per heavy atom. The molecular formula is C13H15N2O2P. The Balaban J connectivity index is 1.87. The maximum Gasteiger partial charge on any atom is 0.214 e. The number of hydrogen-bond acceptors (Lipinski definition) is 3. The van der Waals surface area contributed by atoms with Gasteiger partial charge in [-0.25, -0.2) is 4.98 Å². The molecule has 1 atom stereocenters. The summed E-state index contributed by atoms with van der Waals surface area (Å²) in [6.07, 6.45) is 0. The minimum atomic E-state index is -2.14. The van der Waals surface area contributed by atoms with E-state index >= 15 is 0 Å². The maximum absolute atomic E-state index is 12.0. The predicted octanol–water partition coefficient (Wildman–Crippen LogP) is 1.68. The highest BCUT2D eigenvalue weighted by molar-refractivity contribution is 8.06. The lowest BCUT2D eigenvalue weighted by atomic mass is 10.2. The van der Waals surface area contributed by atoms with E-state index in [4.69, 9.17) is 4.42 Å². The molecule has 18 heavy (non-hydrogen) atoms. The van der Waals surface area contributed by atoms with Gasteiger partial charge in [-0.2, -0.15) is 0 Å². The summed E-state index contributed by atoms with van der Waals surface area (Å²) in [4.78, 5) is 4.60. The lowest BCUT2D eigenvalue weighted by molar-refractivity contribution is 0.511. The van der Waals surface area contributed by atoms with Crippen LogP contribution in [0.15, 0.2) is 4.42 Å². The molecule has 1 unspecified atom stereocenters. The van der Waals surface area contributed by atoms with E-state index in [1.54, 1.807) is 0 Å². The van der Waals surface area contributed by atoms with Crippen LogP contribution in [0.3, 0.4) is 0 Å². The van der Waals surface area contributed by atoms with Gasteiger partial charge in [0.1, 0.15) is 0 Å². The summed E-state index contributed by atoms with van der Waals surface area (Å²) < 4.78 is 19.9. The van der Waals surface area contributed by atoms with E-state index in [9.17, 15) is 4.57 Å². The molecular weight excluding hydrogens is 247 g/mol. The molecule has 2 aromatic heterocycles. The molecule has 5 heterocycles. The van der Waals surface area contributed by atoms with Gasteiger partial charge in [-0.1, -0.05) is 13.8 Å². The first-order valence-corrected chi connectivity index (χ1v) is 7.99. The van der Waals surface area contributed by atoms with Crippen LogP contribution < -0.4 is 16.1 Å². The summed E-state index contributed by atoms with van der Waals surface area (Å²) in [6, 6.07) is 0. The first-order valence-electron chi connectivity index (χ1n) is 6.29. The fourth-order valence-electron chi connectivity index (χ4n) is 2.67. The van der Waals surface area contributed by atoms with E-state index in [1.807, 2.05) is 6.92 Å². The van der Waals surface area contributed by atoms with Crippen LogP contribution in [0.25, 0.3) is 11.6 Å². The Hall–Kier alpha value is -1.28. The zero-order valence-electron chi connectivity index (χ0n) is 10.9. The van der Waals surface area contributed by atoms with Gasteiger partial charge in [0.05, 0.1) is 16.3 Å². The van der Waals surface area contributed by atoms with Crippen molar-refractivity contribution in [2.75, 3.05) is 0 Å². The van der Waals surface area contributed by atoms with E-state index in [0.29, 0.717) is 5.92 Å². The van der Waals surface area contributed by atoms with E-state index in [1.165, 1.54) is 5.69 Å². The molecule has 5 heteroatoms. The Bertz CT molecular complexity index is 743. The van der Waals surface area contributed by atoms with Crippen molar-refractivity contribution in [3.05, 3.63) is 11.4 Å². The van der Waals surface area contributed by atoms with Crippen molar-refractivity contribution < 1.29 is 8.98 Å². The average molecular weight is 262 g/mol. The third-order valence-corrected chi connectivity index (χ3v) is 6.42. The summed E-state index contributed by atoms with van der Waals surface area (Å²) in [5.74, 6) is 2.17. The lowest BCUT2D eigenvalue weighted by Gasteiger charge is -2.11. The zero-order chi connectivity index (χ0) is 12.8. The molecule has 5 rings (SSSR count). The van der Waals surface area contributed by atoms with Crippen molar-refractivity contribution in [2.24, 2.45) is 5.92 Å². The highest BCUT2D eigenvalue weighted by Crippen LogP contribution is 2.70. The molecule has 0 radical (unpaired) electrons. The van der Waals surface area contributed by atoms with Crippen LogP contribution in [0, 0.1) is 19.8 Å². The largest absolute Gasteiger partial charge is 0.447 e. The van der Waals surface area contributed by atoms with Gasteiger partial charge in [0, 0.05) is 12.2 Å². The second-order valence-electron chi connectivity index (χ2n) is 5.65. The van der Waals surface area contributed by atoms with Gasteiger partial charge in [-0.15, -0.1) is 0 Å². The van der Waals surface area contributed by atoms with Gasteiger partial charge in [0.2, 0.25) is 7.14 Å².